The average Bonchev–Trinajstić information content (AvgIpc) is 2.47. The van der Waals surface area contributed by atoms with Gasteiger partial charge in [0.15, 0.2) is 0 Å². The van der Waals surface area contributed by atoms with Crippen LogP contribution in [0.25, 0.3) is 0 Å². The van der Waals surface area contributed by atoms with Gasteiger partial charge in [-0.25, -0.2) is 0 Å². The van der Waals surface area contributed by atoms with E-state index in [1.54, 1.807) is 12.1 Å². The molecule has 20 heavy (non-hydrogen) atoms. The molecule has 0 radical (unpaired) electrons. The van der Waals surface area contributed by atoms with E-state index in [9.17, 15) is 10.1 Å². The number of hydrogen-bond donors (Lipinski definition) is 1. The predicted molar refractivity (Wildman–Crippen MR) is 78.9 cm³/mol. The van der Waals surface area contributed by atoms with Crippen molar-refractivity contribution in [2.75, 3.05) is 7.11 Å². The van der Waals surface area contributed by atoms with Crippen LogP contribution in [0, 0.1) is 10.1 Å². The summed E-state index contributed by atoms with van der Waals surface area (Å²) in [4.78, 5) is 11.1. The maximum Gasteiger partial charge on any atom is 0.283 e. The van der Waals surface area contributed by atoms with Gasteiger partial charge in [0.25, 0.3) is 5.69 Å². The van der Waals surface area contributed by atoms with Gasteiger partial charge < -0.3 is 10.5 Å². The van der Waals surface area contributed by atoms with E-state index in [2.05, 4.69) is 0 Å². The molecule has 5 nitrogen and oxygen atoms in total. The Hall–Kier alpha value is -2.05. The summed E-state index contributed by atoms with van der Waals surface area (Å²) in [5.74, 6) is 0.568. The van der Waals surface area contributed by atoms with Crippen LogP contribution in [0.5, 0.6) is 5.75 Å². The number of rotatable bonds is 5. The molecule has 2 rings (SSSR count). The molecule has 0 saturated heterocycles. The standard InChI is InChI=1S/C14H14N2O3S/c1-19-11-7-8-12(16(17)18)13(9-11)20-14(15)10-5-3-2-4-6-10/h2-9,14H,15H2,1H3. The fourth-order valence-corrected chi connectivity index (χ4v) is 2.73. The smallest absolute Gasteiger partial charge is 0.283 e. The Morgan fingerprint density at radius 2 is 1.95 bits per heavy atom. The highest BCUT2D eigenvalue weighted by Crippen LogP contribution is 2.38. The molecule has 104 valence electrons. The summed E-state index contributed by atoms with van der Waals surface area (Å²) >= 11 is 1.24. The lowest BCUT2D eigenvalue weighted by Crippen LogP contribution is -2.06. The molecule has 2 aromatic carbocycles. The minimum atomic E-state index is -0.417. The van der Waals surface area contributed by atoms with Gasteiger partial charge in [0, 0.05) is 12.1 Å². The highest BCUT2D eigenvalue weighted by Gasteiger charge is 2.18. The van der Waals surface area contributed by atoms with Crippen molar-refractivity contribution >= 4 is 17.4 Å². The third kappa shape index (κ3) is 3.28. The van der Waals surface area contributed by atoms with Crippen LogP contribution in [0.3, 0.4) is 0 Å². The van der Waals surface area contributed by atoms with Crippen LogP contribution in [-0.2, 0) is 0 Å². The number of nitro benzene ring substituents is 1. The van der Waals surface area contributed by atoms with Crippen LogP contribution in [0.15, 0.2) is 53.4 Å². The molecule has 1 unspecified atom stereocenters. The van der Waals surface area contributed by atoms with E-state index in [0.717, 1.165) is 5.56 Å². The van der Waals surface area contributed by atoms with E-state index in [4.69, 9.17) is 10.5 Å². The second-order valence-corrected chi connectivity index (χ2v) is 5.22. The first-order valence-electron chi connectivity index (χ1n) is 5.91. The summed E-state index contributed by atoms with van der Waals surface area (Å²) in [6, 6.07) is 14.1. The third-order valence-corrected chi connectivity index (χ3v) is 3.85. The van der Waals surface area contributed by atoms with Crippen molar-refractivity contribution in [2.45, 2.75) is 10.3 Å². The molecular weight excluding hydrogens is 276 g/mol. The lowest BCUT2D eigenvalue weighted by atomic mass is 10.2. The van der Waals surface area contributed by atoms with Gasteiger partial charge in [-0.2, -0.15) is 0 Å². The van der Waals surface area contributed by atoms with Gasteiger partial charge in [-0.1, -0.05) is 42.1 Å². The highest BCUT2D eigenvalue weighted by molar-refractivity contribution is 7.99. The van der Waals surface area contributed by atoms with Gasteiger partial charge in [-0.05, 0) is 11.6 Å². The van der Waals surface area contributed by atoms with Crippen molar-refractivity contribution in [3.05, 3.63) is 64.2 Å². The second-order valence-electron chi connectivity index (χ2n) is 4.04. The van der Waals surface area contributed by atoms with Crippen LogP contribution in [0.2, 0.25) is 0 Å². The number of methoxy groups -OCH3 is 1. The lowest BCUT2D eigenvalue weighted by Gasteiger charge is -2.12. The molecule has 0 heterocycles. The number of ether oxygens (including phenoxy) is 1. The molecular formula is C14H14N2O3S. The zero-order valence-corrected chi connectivity index (χ0v) is 11.7. The number of hydrogen-bond acceptors (Lipinski definition) is 5. The van der Waals surface area contributed by atoms with E-state index >= 15 is 0 Å². The number of nitrogens with zero attached hydrogens (tertiary/aromatic N) is 1. The monoisotopic (exact) mass is 290 g/mol. The molecule has 1 atom stereocenters. The first-order valence-corrected chi connectivity index (χ1v) is 6.79. The lowest BCUT2D eigenvalue weighted by molar-refractivity contribution is -0.387. The Morgan fingerprint density at radius 3 is 2.55 bits per heavy atom. The molecule has 2 N–H and O–H groups in total. The summed E-state index contributed by atoms with van der Waals surface area (Å²) in [6.07, 6.45) is 0. The normalized spacial score (nSPS) is 11.9. The Labute approximate surface area is 120 Å². The molecule has 0 aliphatic heterocycles. The van der Waals surface area contributed by atoms with Crippen LogP contribution >= 0.6 is 11.8 Å². The fourth-order valence-electron chi connectivity index (χ4n) is 1.71. The minimum absolute atomic E-state index is 0.0298. The summed E-state index contributed by atoms with van der Waals surface area (Å²) in [5.41, 5.74) is 7.03. The first kappa shape index (κ1) is 14.4. The second kappa shape index (κ2) is 6.40. The largest absolute Gasteiger partial charge is 0.497 e. The Morgan fingerprint density at radius 1 is 1.25 bits per heavy atom. The molecule has 0 aliphatic rings. The number of nitrogens with two attached hydrogens (primary N) is 1. The molecule has 6 heteroatoms. The number of thioether (sulfide) groups is 1. The van der Waals surface area contributed by atoms with E-state index < -0.39 is 4.92 Å². The van der Waals surface area contributed by atoms with Gasteiger partial charge in [-0.3, -0.25) is 10.1 Å². The molecule has 0 spiro atoms. The molecule has 0 aromatic heterocycles. The number of nitro groups is 1. The Bertz CT molecular complexity index is 605. The average molecular weight is 290 g/mol. The van der Waals surface area contributed by atoms with E-state index in [-0.39, 0.29) is 11.1 Å². The van der Waals surface area contributed by atoms with Crippen molar-refractivity contribution in [3.63, 3.8) is 0 Å². The van der Waals surface area contributed by atoms with Gasteiger partial charge in [0.1, 0.15) is 5.75 Å². The maximum absolute atomic E-state index is 11.0. The Kier molecular flexibility index (Phi) is 4.60. The van der Waals surface area contributed by atoms with Crippen molar-refractivity contribution in [3.8, 4) is 5.75 Å². The van der Waals surface area contributed by atoms with Crippen LogP contribution < -0.4 is 10.5 Å². The van der Waals surface area contributed by atoms with Crippen molar-refractivity contribution < 1.29 is 9.66 Å². The van der Waals surface area contributed by atoms with Crippen LogP contribution in [0.1, 0.15) is 10.9 Å². The van der Waals surface area contributed by atoms with Crippen LogP contribution in [0.4, 0.5) is 5.69 Å². The first-order chi connectivity index (χ1) is 9.61. The van der Waals surface area contributed by atoms with Gasteiger partial charge in [0.05, 0.1) is 22.3 Å². The van der Waals surface area contributed by atoms with Crippen molar-refractivity contribution in [1.82, 2.24) is 0 Å². The van der Waals surface area contributed by atoms with E-state index in [0.29, 0.717) is 10.6 Å². The van der Waals surface area contributed by atoms with Gasteiger partial charge in [-0.15, -0.1) is 0 Å². The topological polar surface area (TPSA) is 78.4 Å². The van der Waals surface area contributed by atoms with E-state index in [1.807, 2.05) is 30.3 Å². The summed E-state index contributed by atoms with van der Waals surface area (Å²) in [5, 5.41) is 10.7. The molecule has 0 aliphatic carbocycles. The van der Waals surface area contributed by atoms with Crippen LogP contribution in [-0.4, -0.2) is 12.0 Å². The molecule has 0 fully saturated rings. The van der Waals surface area contributed by atoms with Crippen molar-refractivity contribution in [1.29, 1.82) is 0 Å². The molecule has 2 aromatic rings. The zero-order valence-electron chi connectivity index (χ0n) is 10.9. The third-order valence-electron chi connectivity index (χ3n) is 2.75. The molecule has 0 bridgehead atoms. The minimum Gasteiger partial charge on any atom is -0.497 e. The Balaban J connectivity index is 2.29. The number of benzene rings is 2. The van der Waals surface area contributed by atoms with E-state index in [1.165, 1.54) is 24.9 Å². The summed E-state index contributed by atoms with van der Waals surface area (Å²) < 4.78 is 5.10. The fraction of sp³-hybridized carbons (Fsp3) is 0.143. The molecule has 0 saturated carbocycles. The molecule has 0 amide bonds. The van der Waals surface area contributed by atoms with Gasteiger partial charge >= 0.3 is 0 Å². The van der Waals surface area contributed by atoms with Crippen molar-refractivity contribution in [2.24, 2.45) is 5.73 Å². The maximum atomic E-state index is 11.0. The van der Waals surface area contributed by atoms with Gasteiger partial charge in [0.2, 0.25) is 0 Å². The summed E-state index contributed by atoms with van der Waals surface area (Å²) in [6.45, 7) is 0. The zero-order chi connectivity index (χ0) is 14.5. The summed E-state index contributed by atoms with van der Waals surface area (Å²) in [7, 11) is 1.52. The SMILES string of the molecule is COc1ccc([N+](=O)[O-])c(SC(N)c2ccccc2)c1. The highest BCUT2D eigenvalue weighted by atomic mass is 32.2. The quantitative estimate of drug-likeness (QED) is 0.395. The predicted octanol–water partition coefficient (Wildman–Crippen LogP) is 3.35.